The molecule has 1 aromatic heterocycles. The van der Waals surface area contributed by atoms with Crippen LogP contribution in [0.5, 0.6) is 0 Å². The second kappa shape index (κ2) is 6.19. The number of hydrogen-bond acceptors (Lipinski definition) is 3. The van der Waals surface area contributed by atoms with Crippen LogP contribution in [0.4, 0.5) is 0 Å². The molecule has 20 heavy (non-hydrogen) atoms. The van der Waals surface area contributed by atoms with Crippen LogP contribution < -0.4 is 0 Å². The molecule has 110 valence electrons. The minimum Gasteiger partial charge on any atom is -0.375 e. The van der Waals surface area contributed by atoms with Crippen LogP contribution in [0.1, 0.15) is 55.3 Å². The minimum absolute atomic E-state index is 0.00342. The number of thiophene rings is 1. The Labute approximate surface area is 140 Å². The Hall–Kier alpha value is 0.290. The Morgan fingerprint density at radius 1 is 1.30 bits per heavy atom. The predicted octanol–water partition coefficient (Wildman–Crippen LogP) is 5.59. The molecule has 0 aromatic carbocycles. The molecule has 1 aliphatic heterocycles. The zero-order valence-electron chi connectivity index (χ0n) is 11.3. The monoisotopic (exact) mass is 420 g/mol. The summed E-state index contributed by atoms with van der Waals surface area (Å²) in [6, 6.07) is 1.94. The van der Waals surface area contributed by atoms with E-state index in [1.165, 1.54) is 19.3 Å². The van der Waals surface area contributed by atoms with Gasteiger partial charge < -0.3 is 4.74 Å². The summed E-state index contributed by atoms with van der Waals surface area (Å²) in [4.78, 5) is 12.8. The summed E-state index contributed by atoms with van der Waals surface area (Å²) in [5.74, 6) is 0.409. The van der Waals surface area contributed by atoms with Gasteiger partial charge in [-0.2, -0.15) is 0 Å². The van der Waals surface area contributed by atoms with E-state index in [2.05, 4.69) is 31.9 Å². The van der Waals surface area contributed by atoms with Crippen LogP contribution in [0.15, 0.2) is 13.6 Å². The Bertz CT molecular complexity index is 500. The lowest BCUT2D eigenvalue weighted by atomic mass is 9.74. The van der Waals surface area contributed by atoms with Gasteiger partial charge in [-0.3, -0.25) is 4.79 Å². The molecule has 1 aliphatic carbocycles. The van der Waals surface area contributed by atoms with Crippen molar-refractivity contribution in [2.75, 3.05) is 6.61 Å². The third-order valence-electron chi connectivity index (χ3n) is 4.55. The van der Waals surface area contributed by atoms with Crippen molar-refractivity contribution in [1.82, 2.24) is 0 Å². The van der Waals surface area contributed by atoms with Crippen LogP contribution in [0.3, 0.4) is 0 Å². The highest BCUT2D eigenvalue weighted by Gasteiger charge is 2.41. The zero-order chi connectivity index (χ0) is 14.2. The molecule has 0 amide bonds. The van der Waals surface area contributed by atoms with E-state index in [-0.39, 0.29) is 17.3 Å². The molecule has 2 aliphatic rings. The Balaban J connectivity index is 1.76. The minimum atomic E-state index is -0.00342. The fourth-order valence-corrected chi connectivity index (χ4v) is 6.34. The number of ether oxygens (including phenoxy) is 1. The average Bonchev–Trinajstić information content (AvgIpc) is 2.78. The van der Waals surface area contributed by atoms with E-state index in [9.17, 15) is 4.79 Å². The second-order valence-corrected chi connectivity index (χ2v) is 9.63. The van der Waals surface area contributed by atoms with Crippen LogP contribution >= 0.6 is 43.2 Å². The molecule has 2 nitrogen and oxygen atoms in total. The number of hydrogen-bond donors (Lipinski definition) is 0. The van der Waals surface area contributed by atoms with Crippen molar-refractivity contribution in [2.24, 2.45) is 5.92 Å². The number of halogens is 2. The Kier molecular flexibility index (Phi) is 4.70. The third-order valence-corrected chi connectivity index (χ3v) is 6.89. The quantitative estimate of drug-likeness (QED) is 0.582. The first-order chi connectivity index (χ1) is 9.60. The highest BCUT2D eigenvalue weighted by atomic mass is 79.9. The van der Waals surface area contributed by atoms with E-state index in [1.54, 1.807) is 11.3 Å². The van der Waals surface area contributed by atoms with E-state index in [0.29, 0.717) is 0 Å². The summed E-state index contributed by atoms with van der Waals surface area (Å²) >= 11 is 8.54. The topological polar surface area (TPSA) is 26.3 Å². The summed E-state index contributed by atoms with van der Waals surface area (Å²) in [5.41, 5.74) is 0.830. The first-order valence-corrected chi connectivity index (χ1v) is 9.63. The molecule has 0 bridgehead atoms. The number of carbonyl (C=O) groups excluding carboxylic acids is 1. The molecule has 0 N–H and O–H groups in total. The first kappa shape index (κ1) is 15.2. The number of ketones is 1. The van der Waals surface area contributed by atoms with Crippen molar-refractivity contribution in [2.45, 2.75) is 50.5 Å². The van der Waals surface area contributed by atoms with E-state index >= 15 is 0 Å². The third kappa shape index (κ3) is 3.06. The van der Waals surface area contributed by atoms with Crippen molar-refractivity contribution >= 4 is 49.0 Å². The number of rotatable bonds is 2. The normalized spacial score (nSPS) is 25.8. The molecule has 1 unspecified atom stereocenters. The molecule has 1 saturated heterocycles. The van der Waals surface area contributed by atoms with Gasteiger partial charge in [0.05, 0.1) is 13.2 Å². The maximum absolute atomic E-state index is 12.8. The van der Waals surface area contributed by atoms with Gasteiger partial charge >= 0.3 is 0 Å². The van der Waals surface area contributed by atoms with E-state index in [4.69, 9.17) is 4.74 Å². The molecular formula is C15H18Br2O2S. The lowest BCUT2D eigenvalue weighted by molar-refractivity contribution is -0.111. The zero-order valence-corrected chi connectivity index (χ0v) is 15.3. The lowest BCUT2D eigenvalue weighted by Gasteiger charge is -2.43. The van der Waals surface area contributed by atoms with E-state index in [0.717, 1.165) is 45.4 Å². The van der Waals surface area contributed by atoms with E-state index in [1.807, 2.05) is 6.07 Å². The van der Waals surface area contributed by atoms with Crippen LogP contribution in [-0.4, -0.2) is 18.0 Å². The second-order valence-electron chi connectivity index (χ2n) is 5.88. The Morgan fingerprint density at radius 2 is 2.05 bits per heavy atom. The van der Waals surface area contributed by atoms with Crippen molar-refractivity contribution in [3.8, 4) is 0 Å². The van der Waals surface area contributed by atoms with Crippen LogP contribution in [0.25, 0.3) is 0 Å². The fraction of sp³-hybridized carbons (Fsp3) is 0.667. The van der Waals surface area contributed by atoms with Gasteiger partial charge in [0.25, 0.3) is 0 Å². The maximum atomic E-state index is 12.8. The van der Waals surface area contributed by atoms with E-state index < -0.39 is 0 Å². The first-order valence-electron chi connectivity index (χ1n) is 7.23. The molecular weight excluding hydrogens is 404 g/mol. The molecule has 1 spiro atoms. The smallest absolute Gasteiger partial charge is 0.168 e. The van der Waals surface area contributed by atoms with Crippen LogP contribution in [0.2, 0.25) is 0 Å². The summed E-state index contributed by atoms with van der Waals surface area (Å²) in [6.07, 6.45) is 7.83. The molecule has 2 fully saturated rings. The predicted molar refractivity (Wildman–Crippen MR) is 88.5 cm³/mol. The van der Waals surface area contributed by atoms with Gasteiger partial charge in [0.2, 0.25) is 0 Å². The molecule has 1 atom stereocenters. The van der Waals surface area contributed by atoms with Gasteiger partial charge in [-0.05, 0) is 63.6 Å². The van der Waals surface area contributed by atoms with Crippen molar-refractivity contribution in [3.05, 3.63) is 19.2 Å². The van der Waals surface area contributed by atoms with Crippen LogP contribution in [-0.2, 0) is 4.74 Å². The van der Waals surface area contributed by atoms with Gasteiger partial charge in [-0.25, -0.2) is 0 Å². The highest BCUT2D eigenvalue weighted by molar-refractivity contribution is 9.12. The summed E-state index contributed by atoms with van der Waals surface area (Å²) in [5, 5.41) is 0. The largest absolute Gasteiger partial charge is 0.375 e. The molecule has 3 rings (SSSR count). The summed E-state index contributed by atoms with van der Waals surface area (Å²) in [7, 11) is 0. The van der Waals surface area contributed by atoms with Gasteiger partial charge in [0.15, 0.2) is 5.78 Å². The standard InChI is InChI=1S/C15H18Br2O2S/c16-12-8-11(14(17)20-12)13(18)10-4-7-19-15(9-10)5-2-1-3-6-15/h8,10H,1-7,9H2. The van der Waals surface area contributed by atoms with Gasteiger partial charge in [-0.15, -0.1) is 11.3 Å². The summed E-state index contributed by atoms with van der Waals surface area (Å²) in [6.45, 7) is 0.735. The SMILES string of the molecule is O=C(c1cc(Br)sc1Br)C1CCOC2(CCCCC2)C1. The van der Waals surface area contributed by atoms with Gasteiger partial charge in [0.1, 0.15) is 0 Å². The molecule has 5 heteroatoms. The van der Waals surface area contributed by atoms with Crippen LogP contribution in [0, 0.1) is 5.92 Å². The van der Waals surface area contributed by atoms with Crippen molar-refractivity contribution < 1.29 is 9.53 Å². The van der Waals surface area contributed by atoms with Crippen molar-refractivity contribution in [3.63, 3.8) is 0 Å². The number of Topliss-reactive ketones (excluding diaryl/α,β-unsaturated/α-hetero) is 1. The van der Waals surface area contributed by atoms with Crippen molar-refractivity contribution in [1.29, 1.82) is 0 Å². The maximum Gasteiger partial charge on any atom is 0.168 e. The fourth-order valence-electron chi connectivity index (χ4n) is 3.52. The molecule has 1 aromatic rings. The average molecular weight is 422 g/mol. The number of carbonyl (C=O) groups is 1. The molecule has 1 saturated carbocycles. The van der Waals surface area contributed by atoms with Gasteiger partial charge in [0, 0.05) is 18.1 Å². The highest BCUT2D eigenvalue weighted by Crippen LogP contribution is 2.43. The summed E-state index contributed by atoms with van der Waals surface area (Å²) < 4.78 is 8.04. The van der Waals surface area contributed by atoms with Gasteiger partial charge in [-0.1, -0.05) is 19.3 Å². The lowest BCUT2D eigenvalue weighted by Crippen LogP contribution is -2.43. The molecule has 0 radical (unpaired) electrons. The Morgan fingerprint density at radius 3 is 2.70 bits per heavy atom. The molecule has 2 heterocycles.